The van der Waals surface area contributed by atoms with Gasteiger partial charge in [-0.25, -0.2) is 0 Å². The molecule has 1 aromatic heterocycles. The van der Waals surface area contributed by atoms with Crippen LogP contribution in [-0.2, 0) is 16.1 Å². The Kier molecular flexibility index (Phi) is 4.14. The Morgan fingerprint density at radius 2 is 2.11 bits per heavy atom. The Hall–Kier alpha value is -1.50. The lowest BCUT2D eigenvalue weighted by atomic mass is 10.0. The van der Waals surface area contributed by atoms with Gasteiger partial charge in [0.15, 0.2) is 0 Å². The number of hydrogen-bond donors (Lipinski definition) is 1. The molecule has 2 rings (SSSR count). The average molecular weight is 283 g/mol. The minimum atomic E-state index is -0.791. The molecule has 0 bridgehead atoms. The molecule has 2 atom stereocenters. The predicted molar refractivity (Wildman–Crippen MR) is 69.6 cm³/mol. The van der Waals surface area contributed by atoms with Crippen LogP contribution < -0.4 is 0 Å². The first-order chi connectivity index (χ1) is 8.99. The smallest absolute Gasteiger partial charge is 0.306 e. The zero-order chi connectivity index (χ0) is 14.0. The molecular weight excluding hydrogens is 266 g/mol. The third-order valence-corrected chi connectivity index (χ3v) is 4.44. The van der Waals surface area contributed by atoms with Crippen LogP contribution in [0.4, 0.5) is 0 Å². The van der Waals surface area contributed by atoms with Crippen molar-refractivity contribution in [2.75, 3.05) is 7.05 Å². The van der Waals surface area contributed by atoms with Gasteiger partial charge in [0.1, 0.15) is 0 Å². The highest BCUT2D eigenvalue weighted by Gasteiger charge is 2.35. The normalized spacial score (nSPS) is 22.4. The number of aromatic nitrogens is 2. The molecule has 0 radical (unpaired) electrons. The number of aryl methyl sites for hydroxylation is 1. The summed E-state index contributed by atoms with van der Waals surface area (Å²) in [4.78, 5) is 25.8. The van der Waals surface area contributed by atoms with E-state index in [0.29, 0.717) is 25.8 Å². The number of amides is 1. The zero-order valence-corrected chi connectivity index (χ0v) is 11.8. The maximum Gasteiger partial charge on any atom is 0.306 e. The fourth-order valence-corrected chi connectivity index (χ4v) is 3.12. The minimum Gasteiger partial charge on any atom is -0.481 e. The van der Waals surface area contributed by atoms with E-state index >= 15 is 0 Å². The molecule has 1 heterocycles. The summed E-state index contributed by atoms with van der Waals surface area (Å²) in [5, 5.41) is 12.9. The Morgan fingerprint density at radius 1 is 1.42 bits per heavy atom. The number of aliphatic carboxylic acids is 1. The van der Waals surface area contributed by atoms with Gasteiger partial charge < -0.3 is 10.0 Å². The number of carboxylic acid groups (broad SMARTS) is 1. The summed E-state index contributed by atoms with van der Waals surface area (Å²) in [5.41, 5.74) is 0.847. The van der Waals surface area contributed by atoms with Crippen molar-refractivity contribution in [2.45, 2.75) is 32.7 Å². The van der Waals surface area contributed by atoms with Crippen LogP contribution in [0.5, 0.6) is 0 Å². The molecule has 7 heteroatoms. The van der Waals surface area contributed by atoms with E-state index < -0.39 is 5.97 Å². The molecule has 104 valence electrons. The van der Waals surface area contributed by atoms with Crippen molar-refractivity contribution < 1.29 is 14.7 Å². The Bertz CT molecular complexity index is 488. The van der Waals surface area contributed by atoms with Crippen molar-refractivity contribution in [1.82, 2.24) is 14.5 Å². The predicted octanol–water partition coefficient (Wildman–Crippen LogP) is 1.31. The minimum absolute atomic E-state index is 0.0246. The molecule has 1 aliphatic carbocycles. The first kappa shape index (κ1) is 13.9. The standard InChI is InChI=1S/C12H17N3O3S/c1-7-10(19-14-13-7)6-15(2)11(16)8-3-4-9(5-8)12(17)18/h8-9H,3-6H2,1-2H3,(H,17,18)/t8-,9+/m0/s1. The van der Waals surface area contributed by atoms with Crippen molar-refractivity contribution in [1.29, 1.82) is 0 Å². The van der Waals surface area contributed by atoms with Gasteiger partial charge >= 0.3 is 5.97 Å². The number of hydrogen-bond acceptors (Lipinski definition) is 5. The topological polar surface area (TPSA) is 83.4 Å². The van der Waals surface area contributed by atoms with Crippen LogP contribution in [0.25, 0.3) is 0 Å². The van der Waals surface area contributed by atoms with Crippen LogP contribution in [0, 0.1) is 18.8 Å². The molecule has 1 fully saturated rings. The van der Waals surface area contributed by atoms with E-state index in [2.05, 4.69) is 9.59 Å². The Balaban J connectivity index is 1.93. The molecule has 19 heavy (non-hydrogen) atoms. The average Bonchev–Trinajstić information content (AvgIpc) is 2.98. The molecule has 1 aliphatic rings. The van der Waals surface area contributed by atoms with Gasteiger partial charge in [-0.15, -0.1) is 5.10 Å². The second kappa shape index (κ2) is 5.64. The number of carbonyl (C=O) groups is 2. The highest BCUT2D eigenvalue weighted by atomic mass is 32.1. The van der Waals surface area contributed by atoms with E-state index in [1.165, 1.54) is 11.5 Å². The molecule has 1 amide bonds. The van der Waals surface area contributed by atoms with E-state index in [4.69, 9.17) is 5.11 Å². The lowest BCUT2D eigenvalue weighted by Gasteiger charge is -2.20. The van der Waals surface area contributed by atoms with E-state index in [-0.39, 0.29) is 17.7 Å². The molecule has 1 N–H and O–H groups in total. The molecule has 0 saturated heterocycles. The third kappa shape index (κ3) is 3.09. The summed E-state index contributed by atoms with van der Waals surface area (Å²) in [6, 6.07) is 0. The molecule has 1 aromatic rings. The lowest BCUT2D eigenvalue weighted by molar-refractivity contribution is -0.141. The number of carbonyl (C=O) groups excluding carboxylic acids is 1. The van der Waals surface area contributed by atoms with Crippen LogP contribution in [-0.4, -0.2) is 38.5 Å². The second-order valence-corrected chi connectivity index (χ2v) is 5.86. The lowest BCUT2D eigenvalue weighted by Crippen LogP contribution is -2.31. The van der Waals surface area contributed by atoms with Gasteiger partial charge in [0.2, 0.25) is 5.91 Å². The first-order valence-electron chi connectivity index (χ1n) is 6.24. The fraction of sp³-hybridized carbons (Fsp3) is 0.667. The largest absolute Gasteiger partial charge is 0.481 e. The van der Waals surface area contributed by atoms with Crippen LogP contribution >= 0.6 is 11.5 Å². The van der Waals surface area contributed by atoms with Crippen molar-refractivity contribution in [2.24, 2.45) is 11.8 Å². The number of nitrogens with zero attached hydrogens (tertiary/aromatic N) is 3. The summed E-state index contributed by atoms with van der Waals surface area (Å²) in [5.74, 6) is -1.29. The maximum atomic E-state index is 12.2. The van der Waals surface area contributed by atoms with Crippen LogP contribution in [0.1, 0.15) is 29.8 Å². The fourth-order valence-electron chi connectivity index (χ4n) is 2.43. The van der Waals surface area contributed by atoms with Crippen molar-refractivity contribution in [3.8, 4) is 0 Å². The van der Waals surface area contributed by atoms with Gasteiger partial charge in [-0.3, -0.25) is 9.59 Å². The molecule has 0 unspecified atom stereocenters. The first-order valence-corrected chi connectivity index (χ1v) is 7.02. The van der Waals surface area contributed by atoms with Crippen LogP contribution in [0.3, 0.4) is 0 Å². The Morgan fingerprint density at radius 3 is 2.63 bits per heavy atom. The quantitative estimate of drug-likeness (QED) is 0.900. The summed E-state index contributed by atoms with van der Waals surface area (Å²) in [6.45, 7) is 2.36. The zero-order valence-electron chi connectivity index (χ0n) is 11.0. The highest BCUT2D eigenvalue weighted by molar-refractivity contribution is 7.05. The van der Waals surface area contributed by atoms with Crippen molar-refractivity contribution >= 4 is 23.4 Å². The molecule has 0 aliphatic heterocycles. The number of carboxylic acids is 1. The van der Waals surface area contributed by atoms with Gasteiger partial charge in [0.05, 0.1) is 23.0 Å². The van der Waals surface area contributed by atoms with Gasteiger partial charge in [0.25, 0.3) is 0 Å². The van der Waals surface area contributed by atoms with Gasteiger partial charge in [-0.1, -0.05) is 4.49 Å². The van der Waals surface area contributed by atoms with E-state index in [0.717, 1.165) is 10.6 Å². The summed E-state index contributed by atoms with van der Waals surface area (Å²) in [7, 11) is 1.75. The van der Waals surface area contributed by atoms with Gasteiger partial charge in [-0.2, -0.15) is 0 Å². The van der Waals surface area contributed by atoms with Crippen molar-refractivity contribution in [3.05, 3.63) is 10.6 Å². The van der Waals surface area contributed by atoms with Crippen molar-refractivity contribution in [3.63, 3.8) is 0 Å². The van der Waals surface area contributed by atoms with E-state index in [1.54, 1.807) is 11.9 Å². The van der Waals surface area contributed by atoms with E-state index in [1.807, 2.05) is 6.92 Å². The monoisotopic (exact) mass is 283 g/mol. The molecule has 0 spiro atoms. The molecule has 0 aromatic carbocycles. The number of rotatable bonds is 4. The van der Waals surface area contributed by atoms with Gasteiger partial charge in [-0.05, 0) is 37.7 Å². The summed E-state index contributed by atoms with van der Waals surface area (Å²) >= 11 is 1.29. The summed E-state index contributed by atoms with van der Waals surface area (Å²) in [6.07, 6.45) is 1.72. The molecule has 6 nitrogen and oxygen atoms in total. The SMILES string of the molecule is Cc1nnsc1CN(C)C(=O)[C@H]1CC[C@@H](C(=O)O)C1. The third-order valence-electron chi connectivity index (χ3n) is 3.63. The molecular formula is C12H17N3O3S. The Labute approximate surface area is 115 Å². The van der Waals surface area contributed by atoms with Gasteiger partial charge in [0, 0.05) is 13.0 Å². The van der Waals surface area contributed by atoms with Crippen LogP contribution in [0.2, 0.25) is 0 Å². The van der Waals surface area contributed by atoms with Crippen LogP contribution in [0.15, 0.2) is 0 Å². The second-order valence-electron chi connectivity index (χ2n) is 5.02. The highest BCUT2D eigenvalue weighted by Crippen LogP contribution is 2.32. The summed E-state index contributed by atoms with van der Waals surface area (Å²) < 4.78 is 3.84. The van der Waals surface area contributed by atoms with E-state index in [9.17, 15) is 9.59 Å². The maximum absolute atomic E-state index is 12.2. The molecule has 1 saturated carbocycles.